The molecule has 1 aliphatic carbocycles. The fourth-order valence-electron chi connectivity index (χ4n) is 2.78. The van der Waals surface area contributed by atoms with Crippen LogP contribution in [0.5, 0.6) is 0 Å². The van der Waals surface area contributed by atoms with Crippen molar-refractivity contribution >= 4 is 17.9 Å². The lowest BCUT2D eigenvalue weighted by Gasteiger charge is -2.27. The van der Waals surface area contributed by atoms with Crippen molar-refractivity contribution in [2.45, 2.75) is 18.4 Å². The second kappa shape index (κ2) is 4.03. The van der Waals surface area contributed by atoms with Crippen LogP contribution in [0.2, 0.25) is 0 Å². The Balaban J connectivity index is 1.98. The Hall–Kier alpha value is -2.44. The molecule has 1 N–H and O–H groups in total. The smallest absolute Gasteiger partial charge is 0.339 e. The molecule has 1 atom stereocenters. The predicted molar refractivity (Wildman–Crippen MR) is 67.0 cm³/mol. The van der Waals surface area contributed by atoms with Crippen LogP contribution in [0, 0.1) is 0 Å². The van der Waals surface area contributed by atoms with Gasteiger partial charge in [-0.05, 0) is 11.6 Å². The fraction of sp³-hybridized carbons (Fsp3) is 0.385. The van der Waals surface area contributed by atoms with E-state index in [-0.39, 0.29) is 5.91 Å². The normalized spacial score (nSPS) is 24.0. The summed E-state index contributed by atoms with van der Waals surface area (Å²) in [4.78, 5) is 40.8. The summed E-state index contributed by atoms with van der Waals surface area (Å²) >= 11 is 0. The Morgan fingerprint density at radius 3 is 2.80 bits per heavy atom. The SMILES string of the molecule is COC(=O)c1cnc2c(c1)CC1(C2)C(=O)NC(=O)N1C. The minimum atomic E-state index is -0.916. The number of ether oxygens (including phenoxy) is 1. The van der Waals surface area contributed by atoms with Gasteiger partial charge in [-0.1, -0.05) is 0 Å². The van der Waals surface area contributed by atoms with E-state index in [0.29, 0.717) is 18.4 Å². The Bertz CT molecular complexity index is 643. The highest BCUT2D eigenvalue weighted by Gasteiger charge is 2.54. The van der Waals surface area contributed by atoms with Crippen LogP contribution in [-0.2, 0) is 22.4 Å². The molecule has 1 unspecified atom stereocenters. The first kappa shape index (κ1) is 12.6. The molecule has 0 saturated carbocycles. The monoisotopic (exact) mass is 275 g/mol. The third-order valence-electron chi connectivity index (χ3n) is 4.01. The lowest BCUT2D eigenvalue weighted by molar-refractivity contribution is -0.125. The van der Waals surface area contributed by atoms with Crippen LogP contribution < -0.4 is 5.32 Å². The summed E-state index contributed by atoms with van der Waals surface area (Å²) in [6, 6.07) is 1.27. The van der Waals surface area contributed by atoms with Crippen molar-refractivity contribution in [1.29, 1.82) is 0 Å². The highest BCUT2D eigenvalue weighted by molar-refractivity contribution is 6.07. The van der Waals surface area contributed by atoms with Gasteiger partial charge in [-0.3, -0.25) is 15.1 Å². The lowest BCUT2D eigenvalue weighted by Crippen LogP contribution is -2.48. The number of esters is 1. The summed E-state index contributed by atoms with van der Waals surface area (Å²) in [6.45, 7) is 0. The second-order valence-corrected chi connectivity index (χ2v) is 5.02. The van der Waals surface area contributed by atoms with E-state index in [1.54, 1.807) is 13.1 Å². The first-order valence-electron chi connectivity index (χ1n) is 6.13. The molecule has 1 aliphatic heterocycles. The quantitative estimate of drug-likeness (QED) is 0.570. The molecule has 0 bridgehead atoms. The van der Waals surface area contributed by atoms with Crippen LogP contribution in [0.4, 0.5) is 4.79 Å². The number of fused-ring (bicyclic) bond motifs is 1. The van der Waals surface area contributed by atoms with Crippen LogP contribution in [0.25, 0.3) is 0 Å². The number of hydrogen-bond donors (Lipinski definition) is 1. The van der Waals surface area contributed by atoms with Crippen molar-refractivity contribution < 1.29 is 19.1 Å². The molecule has 20 heavy (non-hydrogen) atoms. The number of rotatable bonds is 1. The molecule has 1 saturated heterocycles. The first-order valence-corrected chi connectivity index (χ1v) is 6.13. The Labute approximate surface area is 114 Å². The zero-order valence-corrected chi connectivity index (χ0v) is 11.1. The van der Waals surface area contributed by atoms with Gasteiger partial charge in [0.15, 0.2) is 0 Å². The fourth-order valence-corrected chi connectivity index (χ4v) is 2.78. The van der Waals surface area contributed by atoms with Crippen molar-refractivity contribution in [3.8, 4) is 0 Å². The molecule has 0 aromatic carbocycles. The van der Waals surface area contributed by atoms with E-state index in [2.05, 4.69) is 15.0 Å². The van der Waals surface area contributed by atoms with Crippen LogP contribution in [0.15, 0.2) is 12.3 Å². The van der Waals surface area contributed by atoms with Gasteiger partial charge in [-0.15, -0.1) is 0 Å². The maximum Gasteiger partial charge on any atom is 0.339 e. The molecule has 104 valence electrons. The number of imide groups is 1. The topological polar surface area (TPSA) is 88.6 Å². The number of hydrogen-bond acceptors (Lipinski definition) is 5. The van der Waals surface area contributed by atoms with Gasteiger partial charge >= 0.3 is 12.0 Å². The predicted octanol–water partition coefficient (Wildman–Crippen LogP) is -0.113. The Morgan fingerprint density at radius 2 is 2.20 bits per heavy atom. The van der Waals surface area contributed by atoms with Gasteiger partial charge in [-0.2, -0.15) is 0 Å². The number of aromatic nitrogens is 1. The van der Waals surface area contributed by atoms with Gasteiger partial charge in [0.05, 0.1) is 12.7 Å². The van der Waals surface area contributed by atoms with Gasteiger partial charge in [0.1, 0.15) is 5.54 Å². The Kier molecular flexibility index (Phi) is 2.53. The van der Waals surface area contributed by atoms with Crippen molar-refractivity contribution in [1.82, 2.24) is 15.2 Å². The maximum atomic E-state index is 12.1. The van der Waals surface area contributed by atoms with E-state index in [0.717, 1.165) is 11.3 Å². The molecule has 1 aromatic rings. The molecule has 2 heterocycles. The molecule has 7 nitrogen and oxygen atoms in total. The number of nitrogens with zero attached hydrogens (tertiary/aromatic N) is 2. The average Bonchev–Trinajstić information content (AvgIpc) is 2.92. The minimum Gasteiger partial charge on any atom is -0.465 e. The minimum absolute atomic E-state index is 0.317. The number of carbonyl (C=O) groups is 3. The maximum absolute atomic E-state index is 12.1. The zero-order valence-electron chi connectivity index (χ0n) is 11.1. The number of nitrogens with one attached hydrogen (secondary N) is 1. The van der Waals surface area contributed by atoms with E-state index in [9.17, 15) is 14.4 Å². The van der Waals surface area contributed by atoms with E-state index in [1.165, 1.54) is 18.2 Å². The van der Waals surface area contributed by atoms with E-state index in [4.69, 9.17) is 0 Å². The van der Waals surface area contributed by atoms with Crippen LogP contribution in [0.1, 0.15) is 21.6 Å². The lowest BCUT2D eigenvalue weighted by atomic mass is 9.95. The number of methoxy groups -OCH3 is 1. The molecular weight excluding hydrogens is 262 g/mol. The molecule has 3 amide bonds. The van der Waals surface area contributed by atoms with Crippen molar-refractivity contribution in [2.24, 2.45) is 0 Å². The summed E-state index contributed by atoms with van der Waals surface area (Å²) in [7, 11) is 2.89. The summed E-state index contributed by atoms with van der Waals surface area (Å²) in [5.74, 6) is -0.788. The molecule has 1 spiro atoms. The van der Waals surface area contributed by atoms with Gasteiger partial charge in [0, 0.05) is 31.8 Å². The summed E-state index contributed by atoms with van der Waals surface area (Å²) in [6.07, 6.45) is 2.14. The van der Waals surface area contributed by atoms with Gasteiger partial charge in [0.25, 0.3) is 5.91 Å². The van der Waals surface area contributed by atoms with Gasteiger partial charge < -0.3 is 9.64 Å². The highest BCUT2D eigenvalue weighted by Crippen LogP contribution is 2.36. The third kappa shape index (κ3) is 1.52. The molecule has 0 radical (unpaired) electrons. The molecule has 1 fully saturated rings. The largest absolute Gasteiger partial charge is 0.465 e. The van der Waals surface area contributed by atoms with Crippen LogP contribution in [-0.4, -0.2) is 47.5 Å². The molecule has 2 aliphatic rings. The molecular formula is C13H13N3O4. The van der Waals surface area contributed by atoms with Gasteiger partial charge in [-0.25, -0.2) is 9.59 Å². The van der Waals surface area contributed by atoms with Crippen molar-refractivity contribution in [2.75, 3.05) is 14.2 Å². The summed E-state index contributed by atoms with van der Waals surface area (Å²) < 4.78 is 4.65. The van der Waals surface area contributed by atoms with Crippen LogP contribution in [0.3, 0.4) is 0 Å². The summed E-state index contributed by atoms with van der Waals surface area (Å²) in [5.41, 5.74) is 0.955. The second-order valence-electron chi connectivity index (χ2n) is 5.02. The molecule has 1 aromatic heterocycles. The van der Waals surface area contributed by atoms with Gasteiger partial charge in [0.2, 0.25) is 0 Å². The average molecular weight is 275 g/mol. The van der Waals surface area contributed by atoms with Crippen molar-refractivity contribution in [3.63, 3.8) is 0 Å². The van der Waals surface area contributed by atoms with E-state index in [1.807, 2.05) is 0 Å². The number of urea groups is 1. The first-order chi connectivity index (χ1) is 9.48. The number of amides is 3. The van der Waals surface area contributed by atoms with Crippen molar-refractivity contribution in [3.05, 3.63) is 29.1 Å². The third-order valence-corrected chi connectivity index (χ3v) is 4.01. The Morgan fingerprint density at radius 1 is 1.45 bits per heavy atom. The zero-order chi connectivity index (χ0) is 14.5. The molecule has 7 heteroatoms. The summed E-state index contributed by atoms with van der Waals surface area (Å²) in [5, 5.41) is 2.31. The number of carbonyl (C=O) groups excluding carboxylic acids is 3. The van der Waals surface area contributed by atoms with Crippen LogP contribution >= 0.6 is 0 Å². The number of likely N-dealkylation sites (N-methyl/N-ethyl adjacent to an activating group) is 1. The standard InChI is InChI=1S/C13H13N3O4/c1-16-12(19)15-11(18)13(16)4-7-3-8(10(17)20-2)6-14-9(7)5-13/h3,6H,4-5H2,1-2H3,(H,15,18,19). The highest BCUT2D eigenvalue weighted by atomic mass is 16.5. The molecule has 3 rings (SSSR count). The van der Waals surface area contributed by atoms with E-state index < -0.39 is 17.5 Å². The number of pyridine rings is 1. The van der Waals surface area contributed by atoms with E-state index >= 15 is 0 Å².